The number of hydrogen-bond acceptors (Lipinski definition) is 4. The Labute approximate surface area is 162 Å². The predicted molar refractivity (Wildman–Crippen MR) is 107 cm³/mol. The molecule has 0 radical (unpaired) electrons. The number of methoxy groups -OCH3 is 1. The maximum atomic E-state index is 12.7. The highest BCUT2D eigenvalue weighted by atomic mass is 16.6. The van der Waals surface area contributed by atoms with Crippen molar-refractivity contribution in [3.63, 3.8) is 0 Å². The molecule has 1 saturated carbocycles. The number of carbonyl (C=O) groups excluding carboxylic acids is 2. The van der Waals surface area contributed by atoms with Gasteiger partial charge in [0, 0.05) is 19.0 Å². The molecule has 0 aliphatic heterocycles. The largest absolute Gasteiger partial charge is 0.497 e. The molecular weight excluding hydrogens is 342 g/mol. The average molecular weight is 373 g/mol. The summed E-state index contributed by atoms with van der Waals surface area (Å²) in [5.74, 6) is 1.60. The number of nitrogens with zero attached hydrogens (tertiary/aromatic N) is 1. The molecule has 2 rings (SSSR count). The molecule has 0 unspecified atom stereocenters. The molecule has 0 aromatic heterocycles. The normalized spacial score (nSPS) is 19.0. The van der Waals surface area contributed by atoms with Crippen molar-refractivity contribution in [3.05, 3.63) is 36.5 Å². The molecule has 0 bridgehead atoms. The first kappa shape index (κ1) is 21.0. The number of amides is 1. The molecule has 0 spiro atoms. The predicted octanol–water partition coefficient (Wildman–Crippen LogP) is 5.35. The zero-order valence-electron chi connectivity index (χ0n) is 17.0. The van der Waals surface area contributed by atoms with E-state index in [1.165, 1.54) is 4.90 Å². The zero-order valence-corrected chi connectivity index (χ0v) is 17.0. The van der Waals surface area contributed by atoms with Crippen LogP contribution in [-0.2, 0) is 9.53 Å². The maximum Gasteiger partial charge on any atom is 0.418 e. The summed E-state index contributed by atoms with van der Waals surface area (Å²) >= 11 is 0. The van der Waals surface area contributed by atoms with E-state index in [-0.39, 0.29) is 5.92 Å². The van der Waals surface area contributed by atoms with Crippen molar-refractivity contribution < 1.29 is 19.1 Å². The van der Waals surface area contributed by atoms with E-state index in [0.717, 1.165) is 18.6 Å². The summed E-state index contributed by atoms with van der Waals surface area (Å²) in [7, 11) is 1.60. The van der Waals surface area contributed by atoms with Crippen molar-refractivity contribution >= 4 is 17.6 Å². The highest BCUT2D eigenvalue weighted by Gasteiger charge is 2.25. The topological polar surface area (TPSA) is 55.8 Å². The van der Waals surface area contributed by atoms with Gasteiger partial charge >= 0.3 is 6.09 Å². The number of anilines is 1. The summed E-state index contributed by atoms with van der Waals surface area (Å²) in [4.78, 5) is 26.0. The first-order chi connectivity index (χ1) is 12.7. The number of ketones is 1. The Kier molecular flexibility index (Phi) is 7.05. The van der Waals surface area contributed by atoms with E-state index < -0.39 is 11.7 Å². The van der Waals surface area contributed by atoms with Gasteiger partial charge in [0.2, 0.25) is 0 Å². The van der Waals surface area contributed by atoms with Crippen molar-refractivity contribution in [2.45, 2.75) is 59.0 Å². The van der Waals surface area contributed by atoms with E-state index in [1.54, 1.807) is 13.3 Å². The lowest BCUT2D eigenvalue weighted by molar-refractivity contribution is -0.121. The standard InChI is InChI=1S/C22H31NO4/c1-16(17-7-6-8-19(24)15-17)13-14-23(21(25)27-22(2,3)4)18-9-11-20(26-5)12-10-18/h9-14,16-17H,6-8,15H2,1-5H3/b14-13+/t16-,17+/m0/s1. The monoisotopic (exact) mass is 373 g/mol. The Hall–Kier alpha value is -2.30. The Balaban J connectivity index is 2.19. The van der Waals surface area contributed by atoms with Crippen LogP contribution in [0.2, 0.25) is 0 Å². The molecule has 1 amide bonds. The number of Topliss-reactive ketones (excluding diaryl/α,β-unsaturated/α-hetero) is 1. The highest BCUT2D eigenvalue weighted by Crippen LogP contribution is 2.29. The van der Waals surface area contributed by atoms with Gasteiger partial charge in [-0.25, -0.2) is 4.79 Å². The van der Waals surface area contributed by atoms with E-state index in [1.807, 2.05) is 51.1 Å². The van der Waals surface area contributed by atoms with Gasteiger partial charge in [-0.15, -0.1) is 0 Å². The van der Waals surface area contributed by atoms with E-state index >= 15 is 0 Å². The molecule has 27 heavy (non-hydrogen) atoms. The first-order valence-electron chi connectivity index (χ1n) is 9.56. The van der Waals surface area contributed by atoms with Crippen LogP contribution in [-0.4, -0.2) is 24.6 Å². The zero-order chi connectivity index (χ0) is 20.0. The Morgan fingerprint density at radius 1 is 1.26 bits per heavy atom. The van der Waals surface area contributed by atoms with Crippen molar-refractivity contribution in [2.24, 2.45) is 11.8 Å². The van der Waals surface area contributed by atoms with Crippen LogP contribution in [0.5, 0.6) is 5.75 Å². The van der Waals surface area contributed by atoms with Crippen LogP contribution in [0.4, 0.5) is 10.5 Å². The molecule has 1 fully saturated rings. The van der Waals surface area contributed by atoms with Gasteiger partial charge in [-0.3, -0.25) is 9.69 Å². The van der Waals surface area contributed by atoms with Gasteiger partial charge in [0.1, 0.15) is 17.1 Å². The summed E-state index contributed by atoms with van der Waals surface area (Å²) in [5, 5.41) is 0. The summed E-state index contributed by atoms with van der Waals surface area (Å²) < 4.78 is 10.7. The molecule has 0 saturated heterocycles. The van der Waals surface area contributed by atoms with Crippen molar-refractivity contribution in [2.75, 3.05) is 12.0 Å². The smallest absolute Gasteiger partial charge is 0.418 e. The second kappa shape index (κ2) is 9.07. The quantitative estimate of drug-likeness (QED) is 0.698. The molecule has 1 aliphatic carbocycles. The van der Waals surface area contributed by atoms with Crippen LogP contribution < -0.4 is 9.64 Å². The van der Waals surface area contributed by atoms with Gasteiger partial charge in [-0.1, -0.05) is 13.0 Å². The Bertz CT molecular complexity index is 673. The molecule has 2 atom stereocenters. The molecule has 148 valence electrons. The van der Waals surface area contributed by atoms with Gasteiger partial charge in [0.15, 0.2) is 0 Å². The second-order valence-corrected chi connectivity index (χ2v) is 8.14. The van der Waals surface area contributed by atoms with Crippen molar-refractivity contribution in [3.8, 4) is 5.75 Å². The number of benzene rings is 1. The fraction of sp³-hybridized carbons (Fsp3) is 0.545. The summed E-state index contributed by atoms with van der Waals surface area (Å²) in [6.07, 6.45) is 6.65. The van der Waals surface area contributed by atoms with E-state index in [0.29, 0.717) is 30.2 Å². The SMILES string of the molecule is COc1ccc(N(/C=C/[C@H](C)[C@@H]2CCCC(=O)C2)C(=O)OC(C)(C)C)cc1. The highest BCUT2D eigenvalue weighted by molar-refractivity contribution is 5.90. The van der Waals surface area contributed by atoms with Crippen LogP contribution in [0, 0.1) is 11.8 Å². The summed E-state index contributed by atoms with van der Waals surface area (Å²) in [6, 6.07) is 7.26. The molecule has 1 aromatic carbocycles. The number of allylic oxidation sites excluding steroid dienone is 1. The van der Waals surface area contributed by atoms with Gasteiger partial charge in [0.05, 0.1) is 12.8 Å². The lowest BCUT2D eigenvalue weighted by atomic mass is 9.80. The van der Waals surface area contributed by atoms with Crippen molar-refractivity contribution in [1.29, 1.82) is 0 Å². The van der Waals surface area contributed by atoms with Gasteiger partial charge < -0.3 is 9.47 Å². The lowest BCUT2D eigenvalue weighted by Gasteiger charge is -2.27. The molecule has 0 N–H and O–H groups in total. The molecule has 1 aromatic rings. The van der Waals surface area contributed by atoms with Gasteiger partial charge in [-0.05, 0) is 69.7 Å². The Morgan fingerprint density at radius 2 is 1.93 bits per heavy atom. The maximum absolute atomic E-state index is 12.7. The third-order valence-electron chi connectivity index (χ3n) is 4.74. The fourth-order valence-electron chi connectivity index (χ4n) is 3.19. The minimum absolute atomic E-state index is 0.206. The van der Waals surface area contributed by atoms with Crippen LogP contribution in [0.3, 0.4) is 0 Å². The fourth-order valence-corrected chi connectivity index (χ4v) is 3.19. The molecule has 1 aliphatic rings. The minimum Gasteiger partial charge on any atom is -0.497 e. The van der Waals surface area contributed by atoms with Crippen LogP contribution in [0.25, 0.3) is 0 Å². The molecular formula is C22H31NO4. The lowest BCUT2D eigenvalue weighted by Crippen LogP contribution is -2.33. The van der Waals surface area contributed by atoms with Crippen LogP contribution in [0.15, 0.2) is 36.5 Å². The van der Waals surface area contributed by atoms with Crippen LogP contribution in [0.1, 0.15) is 53.4 Å². The third kappa shape index (κ3) is 6.42. The van der Waals surface area contributed by atoms with Crippen LogP contribution >= 0.6 is 0 Å². The summed E-state index contributed by atoms with van der Waals surface area (Å²) in [5.41, 5.74) is 0.116. The van der Waals surface area contributed by atoms with Crippen molar-refractivity contribution in [1.82, 2.24) is 0 Å². The summed E-state index contributed by atoms with van der Waals surface area (Å²) in [6.45, 7) is 7.63. The average Bonchev–Trinajstić information content (AvgIpc) is 2.60. The number of ether oxygens (including phenoxy) is 2. The Morgan fingerprint density at radius 3 is 2.48 bits per heavy atom. The molecule has 0 heterocycles. The van der Waals surface area contributed by atoms with E-state index in [2.05, 4.69) is 6.92 Å². The number of hydrogen-bond donors (Lipinski definition) is 0. The van der Waals surface area contributed by atoms with E-state index in [9.17, 15) is 9.59 Å². The number of rotatable bonds is 5. The van der Waals surface area contributed by atoms with E-state index in [4.69, 9.17) is 9.47 Å². The number of carbonyl (C=O) groups is 2. The molecule has 5 nitrogen and oxygen atoms in total. The molecule has 5 heteroatoms. The minimum atomic E-state index is -0.586. The second-order valence-electron chi connectivity index (χ2n) is 8.14. The van der Waals surface area contributed by atoms with Gasteiger partial charge in [0.25, 0.3) is 0 Å². The first-order valence-corrected chi connectivity index (χ1v) is 9.56. The third-order valence-corrected chi connectivity index (χ3v) is 4.74. The van der Waals surface area contributed by atoms with Gasteiger partial charge in [-0.2, -0.15) is 0 Å².